The van der Waals surface area contributed by atoms with E-state index >= 15 is 0 Å². The number of rotatable bonds is 6. The molecule has 0 heterocycles. The van der Waals surface area contributed by atoms with E-state index in [4.69, 9.17) is 9.47 Å². The highest BCUT2D eigenvalue weighted by atomic mass is 16.5. The van der Waals surface area contributed by atoms with Crippen LogP contribution in [-0.4, -0.2) is 14.2 Å². The molecule has 0 N–H and O–H groups in total. The average Bonchev–Trinajstić information content (AvgIpc) is 2.85. The van der Waals surface area contributed by atoms with Crippen LogP contribution in [0.3, 0.4) is 0 Å². The van der Waals surface area contributed by atoms with E-state index < -0.39 is 0 Å². The molecule has 158 valence electrons. The van der Waals surface area contributed by atoms with E-state index in [1.807, 2.05) is 0 Å². The molecule has 0 bridgehead atoms. The second-order valence-electron chi connectivity index (χ2n) is 8.03. The zero-order valence-electron chi connectivity index (χ0n) is 18.5. The fourth-order valence-corrected chi connectivity index (χ4v) is 4.84. The molecule has 32 heavy (non-hydrogen) atoms. The van der Waals surface area contributed by atoms with Crippen LogP contribution in [-0.2, 0) is 22.7 Å². The lowest BCUT2D eigenvalue weighted by Crippen LogP contribution is -1.99. The van der Waals surface area contributed by atoms with Crippen LogP contribution in [0.2, 0.25) is 0 Å². The second-order valence-corrected chi connectivity index (χ2v) is 8.03. The maximum Gasteiger partial charge on any atom is 0.0719 e. The van der Waals surface area contributed by atoms with E-state index in [0.717, 1.165) is 0 Å². The van der Waals surface area contributed by atoms with E-state index in [2.05, 4.69) is 97.1 Å². The SMILES string of the molecule is COCc1cccc2c1c(-c1ccccc1)c(-c1ccccc1)c1cccc(COC)c12. The molecule has 0 aromatic heterocycles. The van der Waals surface area contributed by atoms with Gasteiger partial charge in [0, 0.05) is 14.2 Å². The first-order valence-electron chi connectivity index (χ1n) is 10.9. The lowest BCUT2D eigenvalue weighted by molar-refractivity contribution is 0.186. The normalized spacial score (nSPS) is 11.3. The molecule has 5 aromatic rings. The van der Waals surface area contributed by atoms with Crippen molar-refractivity contribution in [3.8, 4) is 22.3 Å². The zero-order valence-corrected chi connectivity index (χ0v) is 18.5. The van der Waals surface area contributed by atoms with Gasteiger partial charge in [0.1, 0.15) is 0 Å². The summed E-state index contributed by atoms with van der Waals surface area (Å²) < 4.78 is 11.2. The molecule has 2 heteroatoms. The number of fused-ring (bicyclic) bond motifs is 3. The highest BCUT2D eigenvalue weighted by molar-refractivity contribution is 6.23. The Morgan fingerprint density at radius 1 is 0.469 bits per heavy atom. The van der Waals surface area contributed by atoms with Crippen LogP contribution in [0.25, 0.3) is 43.8 Å². The molecule has 0 aliphatic heterocycles. The lowest BCUT2D eigenvalue weighted by Gasteiger charge is -2.22. The van der Waals surface area contributed by atoms with Crippen molar-refractivity contribution in [3.63, 3.8) is 0 Å². The predicted molar refractivity (Wildman–Crippen MR) is 134 cm³/mol. The number of hydrogen-bond acceptors (Lipinski definition) is 2. The third-order valence-corrected chi connectivity index (χ3v) is 6.06. The first kappa shape index (κ1) is 20.4. The van der Waals surface area contributed by atoms with Gasteiger partial charge in [0.25, 0.3) is 0 Å². The van der Waals surface area contributed by atoms with Crippen molar-refractivity contribution in [1.29, 1.82) is 0 Å². The van der Waals surface area contributed by atoms with Crippen molar-refractivity contribution in [1.82, 2.24) is 0 Å². The van der Waals surface area contributed by atoms with Gasteiger partial charge >= 0.3 is 0 Å². The van der Waals surface area contributed by atoms with Crippen molar-refractivity contribution in [3.05, 3.63) is 108 Å². The van der Waals surface area contributed by atoms with Crippen LogP contribution in [0.5, 0.6) is 0 Å². The maximum absolute atomic E-state index is 5.64. The highest BCUT2D eigenvalue weighted by Gasteiger charge is 2.20. The molecular formula is C30H26O2. The molecule has 0 saturated heterocycles. The van der Waals surface area contributed by atoms with Crippen LogP contribution in [0.4, 0.5) is 0 Å². The van der Waals surface area contributed by atoms with Crippen molar-refractivity contribution in [2.24, 2.45) is 0 Å². The standard InChI is InChI=1S/C30H26O2/c1-31-19-23-15-9-17-25-27(23)26-18-10-16-24(20-32-2)29(26)30(22-13-7-4-8-14-22)28(25)21-11-5-3-6-12-21/h3-18H,19-20H2,1-2H3. The van der Waals surface area contributed by atoms with Crippen LogP contribution in [0.1, 0.15) is 11.1 Å². The molecular weight excluding hydrogens is 392 g/mol. The molecule has 2 nitrogen and oxygen atoms in total. The minimum atomic E-state index is 0.559. The first-order chi connectivity index (χ1) is 15.8. The van der Waals surface area contributed by atoms with E-state index in [1.54, 1.807) is 14.2 Å². The molecule has 5 aromatic carbocycles. The monoisotopic (exact) mass is 418 g/mol. The number of methoxy groups -OCH3 is 2. The number of ether oxygens (including phenoxy) is 2. The summed E-state index contributed by atoms with van der Waals surface area (Å²) in [4.78, 5) is 0. The largest absolute Gasteiger partial charge is 0.380 e. The Morgan fingerprint density at radius 2 is 0.969 bits per heavy atom. The fraction of sp³-hybridized carbons (Fsp3) is 0.133. The summed E-state index contributed by atoms with van der Waals surface area (Å²) >= 11 is 0. The van der Waals surface area contributed by atoms with E-state index in [-0.39, 0.29) is 0 Å². The summed E-state index contributed by atoms with van der Waals surface area (Å²) in [5, 5.41) is 4.98. The molecule has 0 atom stereocenters. The van der Waals surface area contributed by atoms with Crippen molar-refractivity contribution in [2.75, 3.05) is 14.2 Å². The van der Waals surface area contributed by atoms with Gasteiger partial charge in [0.15, 0.2) is 0 Å². The van der Waals surface area contributed by atoms with Gasteiger partial charge in [-0.15, -0.1) is 0 Å². The predicted octanol–water partition coefficient (Wildman–Crippen LogP) is 7.62. The van der Waals surface area contributed by atoms with Crippen LogP contribution in [0.15, 0.2) is 97.1 Å². The summed E-state index contributed by atoms with van der Waals surface area (Å²) in [5.41, 5.74) is 7.30. The van der Waals surface area contributed by atoms with E-state index in [0.29, 0.717) is 13.2 Å². The Balaban J connectivity index is 2.07. The first-order valence-corrected chi connectivity index (χ1v) is 10.9. The molecule has 0 amide bonds. The topological polar surface area (TPSA) is 18.5 Å². The van der Waals surface area contributed by atoms with Gasteiger partial charge in [0.2, 0.25) is 0 Å². The van der Waals surface area contributed by atoms with E-state index in [9.17, 15) is 0 Å². The Labute approximate surface area is 189 Å². The van der Waals surface area contributed by atoms with Gasteiger partial charge in [-0.25, -0.2) is 0 Å². The molecule has 0 aliphatic carbocycles. The van der Waals surface area contributed by atoms with Crippen molar-refractivity contribution < 1.29 is 9.47 Å². The van der Waals surface area contributed by atoms with Crippen LogP contribution in [0, 0.1) is 0 Å². The van der Waals surface area contributed by atoms with Gasteiger partial charge in [0.05, 0.1) is 13.2 Å². The summed E-state index contributed by atoms with van der Waals surface area (Å²) in [6.07, 6.45) is 0. The summed E-state index contributed by atoms with van der Waals surface area (Å²) in [5.74, 6) is 0. The Hall–Kier alpha value is -3.46. The summed E-state index contributed by atoms with van der Waals surface area (Å²) in [6, 6.07) is 34.5. The van der Waals surface area contributed by atoms with Gasteiger partial charge in [-0.05, 0) is 54.9 Å². The Bertz CT molecular complexity index is 1370. The number of benzene rings is 5. The van der Waals surface area contributed by atoms with Gasteiger partial charge < -0.3 is 9.47 Å². The minimum absolute atomic E-state index is 0.559. The third-order valence-electron chi connectivity index (χ3n) is 6.06. The number of hydrogen-bond donors (Lipinski definition) is 0. The minimum Gasteiger partial charge on any atom is -0.380 e. The van der Waals surface area contributed by atoms with Crippen LogP contribution >= 0.6 is 0 Å². The van der Waals surface area contributed by atoms with Gasteiger partial charge in [-0.1, -0.05) is 97.1 Å². The van der Waals surface area contributed by atoms with Gasteiger partial charge in [-0.2, -0.15) is 0 Å². The summed E-state index contributed by atoms with van der Waals surface area (Å²) in [7, 11) is 3.52. The van der Waals surface area contributed by atoms with Crippen molar-refractivity contribution in [2.45, 2.75) is 13.2 Å². The quantitative estimate of drug-likeness (QED) is 0.264. The smallest absolute Gasteiger partial charge is 0.0719 e. The molecule has 0 fully saturated rings. The fourth-order valence-electron chi connectivity index (χ4n) is 4.84. The average molecular weight is 419 g/mol. The molecule has 0 saturated carbocycles. The van der Waals surface area contributed by atoms with E-state index in [1.165, 1.54) is 54.9 Å². The highest BCUT2D eigenvalue weighted by Crippen LogP contribution is 2.46. The zero-order chi connectivity index (χ0) is 21.9. The molecule has 5 rings (SSSR count). The lowest BCUT2D eigenvalue weighted by atomic mass is 9.82. The van der Waals surface area contributed by atoms with Crippen molar-refractivity contribution >= 4 is 21.5 Å². The Morgan fingerprint density at radius 3 is 1.53 bits per heavy atom. The molecule has 0 radical (unpaired) electrons. The molecule has 0 unspecified atom stereocenters. The van der Waals surface area contributed by atoms with Gasteiger partial charge in [-0.3, -0.25) is 0 Å². The third kappa shape index (κ3) is 3.48. The Kier molecular flexibility index (Phi) is 5.72. The van der Waals surface area contributed by atoms with Crippen LogP contribution < -0.4 is 0 Å². The summed E-state index contributed by atoms with van der Waals surface area (Å²) in [6.45, 7) is 1.13. The molecule has 0 spiro atoms. The maximum atomic E-state index is 5.64. The second kappa shape index (κ2) is 8.96. The molecule has 0 aliphatic rings.